The van der Waals surface area contributed by atoms with Gasteiger partial charge in [-0.3, -0.25) is 5.01 Å². The number of nitrogens with two attached hydrogens (primary N) is 1. The van der Waals surface area contributed by atoms with Gasteiger partial charge in [0.15, 0.2) is 0 Å². The Morgan fingerprint density at radius 1 is 1.31 bits per heavy atom. The Kier molecular flexibility index (Phi) is 19.6. The third-order valence-electron chi connectivity index (χ3n) is 3.65. The van der Waals surface area contributed by atoms with E-state index in [1.807, 2.05) is 50.1 Å². The molecule has 0 radical (unpaired) electrons. The van der Waals surface area contributed by atoms with Gasteiger partial charge in [0.25, 0.3) is 0 Å². The molecule has 1 rings (SSSR count). The molecule has 0 unspecified atom stereocenters. The summed E-state index contributed by atoms with van der Waals surface area (Å²) in [6.45, 7) is 16.5. The number of rotatable bonds is 9. The van der Waals surface area contributed by atoms with Crippen LogP contribution >= 0.6 is 11.6 Å². The van der Waals surface area contributed by atoms with Crippen molar-refractivity contribution in [3.63, 3.8) is 0 Å². The number of halogens is 2. The van der Waals surface area contributed by atoms with Crippen LogP contribution < -0.4 is 5.73 Å². The third-order valence-corrected chi connectivity index (χ3v) is 3.87. The molecule has 1 aromatic rings. The first kappa shape index (κ1) is 29.3. The van der Waals surface area contributed by atoms with Gasteiger partial charge in [-0.2, -0.15) is 5.10 Å². The molecule has 0 aromatic heterocycles. The van der Waals surface area contributed by atoms with E-state index in [0.717, 1.165) is 24.1 Å². The summed E-state index contributed by atoms with van der Waals surface area (Å²) in [4.78, 5) is 0. The van der Waals surface area contributed by atoms with E-state index in [4.69, 9.17) is 17.3 Å². The standard InChI is InChI=1S/C19H28FN3.C3H5Cl.C2H6/c1-5-6-12-22-23(19(15(2)3)8-7-11-21)14-17-9-10-18(20)16(4)13-17;1-2-3-4;1-2/h5-6,9-10,12-13H,7-8,11,14,21H2,1-4H3;2H,1,3H2;1-2H3/b6-5+,22-12+;;. The molecule has 1 aromatic carbocycles. The molecule has 0 saturated heterocycles. The molecule has 5 heteroatoms. The summed E-state index contributed by atoms with van der Waals surface area (Å²) in [7, 11) is 0. The summed E-state index contributed by atoms with van der Waals surface area (Å²) in [5.41, 5.74) is 9.73. The fraction of sp³-hybridized carbons (Fsp3) is 0.458. The second-order valence-corrected chi connectivity index (χ2v) is 6.52. The van der Waals surface area contributed by atoms with Crippen LogP contribution in [0.2, 0.25) is 0 Å². The number of hydrazone groups is 1. The van der Waals surface area contributed by atoms with Gasteiger partial charge in [-0.25, -0.2) is 4.39 Å². The molecule has 2 N–H and O–H groups in total. The monoisotopic (exact) mass is 423 g/mol. The highest BCUT2D eigenvalue weighted by Crippen LogP contribution is 2.21. The smallest absolute Gasteiger partial charge is 0.126 e. The minimum atomic E-state index is -0.178. The van der Waals surface area contributed by atoms with E-state index in [1.165, 1.54) is 11.6 Å². The van der Waals surface area contributed by atoms with Crippen LogP contribution in [0.3, 0.4) is 0 Å². The number of hydrogen-bond acceptors (Lipinski definition) is 3. The van der Waals surface area contributed by atoms with Gasteiger partial charge in [0.1, 0.15) is 5.82 Å². The average molecular weight is 424 g/mol. The molecule has 0 heterocycles. The van der Waals surface area contributed by atoms with Crippen LogP contribution in [0.4, 0.5) is 4.39 Å². The molecule has 0 bridgehead atoms. The summed E-state index contributed by atoms with van der Waals surface area (Å²) in [6, 6.07) is 5.20. The van der Waals surface area contributed by atoms with Crippen molar-refractivity contribution >= 4 is 17.8 Å². The molecular formula is C24H39ClFN3. The molecule has 0 spiro atoms. The van der Waals surface area contributed by atoms with E-state index in [1.54, 1.807) is 19.2 Å². The van der Waals surface area contributed by atoms with E-state index in [9.17, 15) is 4.39 Å². The largest absolute Gasteiger partial charge is 0.330 e. The normalized spacial score (nSPS) is 10.1. The van der Waals surface area contributed by atoms with E-state index in [2.05, 4.69) is 25.5 Å². The summed E-state index contributed by atoms with van der Waals surface area (Å²) < 4.78 is 13.5. The first-order valence-electron chi connectivity index (χ1n) is 10.1. The second-order valence-electron chi connectivity index (χ2n) is 6.21. The Morgan fingerprint density at radius 2 is 1.93 bits per heavy atom. The maximum atomic E-state index is 13.5. The number of alkyl halides is 1. The second kappa shape index (κ2) is 19.4. The summed E-state index contributed by atoms with van der Waals surface area (Å²) in [6.07, 6.45) is 9.05. The van der Waals surface area contributed by atoms with Crippen LogP contribution in [0.1, 0.15) is 58.6 Å². The highest BCUT2D eigenvalue weighted by Gasteiger charge is 2.11. The average Bonchev–Trinajstić information content (AvgIpc) is 2.72. The number of aryl methyl sites for hydroxylation is 1. The van der Waals surface area contributed by atoms with Crippen molar-refractivity contribution < 1.29 is 4.39 Å². The zero-order valence-corrected chi connectivity index (χ0v) is 19.8. The number of benzene rings is 1. The molecule has 0 saturated carbocycles. The van der Waals surface area contributed by atoms with Gasteiger partial charge in [-0.1, -0.05) is 43.7 Å². The van der Waals surface area contributed by atoms with Crippen molar-refractivity contribution in [1.29, 1.82) is 0 Å². The Bertz CT molecular complexity index is 648. The third kappa shape index (κ3) is 13.8. The topological polar surface area (TPSA) is 41.6 Å². The molecule has 0 aliphatic rings. The summed E-state index contributed by atoms with van der Waals surface area (Å²) in [5.74, 6) is 0.378. The van der Waals surface area contributed by atoms with E-state index in [-0.39, 0.29) is 5.82 Å². The SMILES string of the molecule is C/C=C/C=N/N(Cc1ccc(F)c(C)c1)C(CCCN)=C(C)C.C=CCCl.CC. The summed E-state index contributed by atoms with van der Waals surface area (Å²) in [5, 5.41) is 6.55. The number of nitrogens with zero attached hydrogens (tertiary/aromatic N) is 2. The molecule has 3 nitrogen and oxygen atoms in total. The van der Waals surface area contributed by atoms with Gasteiger partial charge < -0.3 is 5.73 Å². The lowest BCUT2D eigenvalue weighted by Gasteiger charge is -2.24. The molecule has 0 fully saturated rings. The molecule has 164 valence electrons. The van der Waals surface area contributed by atoms with Crippen molar-refractivity contribution in [2.45, 2.75) is 60.9 Å². The molecule has 0 amide bonds. The molecule has 0 aliphatic heterocycles. The minimum Gasteiger partial charge on any atom is -0.330 e. The number of hydrogen-bond donors (Lipinski definition) is 1. The Balaban J connectivity index is 0. The van der Waals surface area contributed by atoms with Crippen molar-refractivity contribution in [3.8, 4) is 0 Å². The van der Waals surface area contributed by atoms with Crippen LogP contribution in [-0.2, 0) is 6.54 Å². The van der Waals surface area contributed by atoms with Crippen molar-refractivity contribution in [2.24, 2.45) is 10.8 Å². The highest BCUT2D eigenvalue weighted by molar-refractivity contribution is 6.18. The molecule has 29 heavy (non-hydrogen) atoms. The van der Waals surface area contributed by atoms with Crippen molar-refractivity contribution in [3.05, 3.63) is 71.2 Å². The minimum absolute atomic E-state index is 0.178. The Morgan fingerprint density at radius 3 is 2.38 bits per heavy atom. The van der Waals surface area contributed by atoms with Gasteiger partial charge >= 0.3 is 0 Å². The summed E-state index contributed by atoms with van der Waals surface area (Å²) >= 11 is 5.07. The van der Waals surface area contributed by atoms with Crippen LogP contribution in [0, 0.1) is 12.7 Å². The molecule has 0 aliphatic carbocycles. The van der Waals surface area contributed by atoms with Gasteiger partial charge in [0, 0.05) is 17.8 Å². The maximum Gasteiger partial charge on any atom is 0.126 e. The van der Waals surface area contributed by atoms with Crippen LogP contribution in [0.15, 0.2) is 59.4 Å². The van der Waals surface area contributed by atoms with E-state index >= 15 is 0 Å². The fourth-order valence-electron chi connectivity index (χ4n) is 2.30. The zero-order valence-electron chi connectivity index (χ0n) is 19.0. The lowest BCUT2D eigenvalue weighted by atomic mass is 10.1. The van der Waals surface area contributed by atoms with Gasteiger partial charge in [-0.15, -0.1) is 18.2 Å². The van der Waals surface area contributed by atoms with E-state index in [0.29, 0.717) is 24.5 Å². The van der Waals surface area contributed by atoms with E-state index < -0.39 is 0 Å². The quantitative estimate of drug-likeness (QED) is 0.201. The zero-order chi connectivity index (χ0) is 22.7. The fourth-order valence-corrected chi connectivity index (χ4v) is 2.30. The molecule has 0 atom stereocenters. The highest BCUT2D eigenvalue weighted by atomic mass is 35.5. The first-order valence-corrected chi connectivity index (χ1v) is 10.7. The predicted molar refractivity (Wildman–Crippen MR) is 129 cm³/mol. The lowest BCUT2D eigenvalue weighted by molar-refractivity contribution is 0.338. The predicted octanol–water partition coefficient (Wildman–Crippen LogP) is 6.97. The van der Waals surface area contributed by atoms with Gasteiger partial charge in [-0.05, 0) is 70.4 Å². The maximum absolute atomic E-state index is 13.5. The van der Waals surface area contributed by atoms with Gasteiger partial charge in [0.2, 0.25) is 0 Å². The molecular weight excluding hydrogens is 385 g/mol. The van der Waals surface area contributed by atoms with Crippen molar-refractivity contribution in [2.75, 3.05) is 12.4 Å². The van der Waals surface area contributed by atoms with Crippen LogP contribution in [0.5, 0.6) is 0 Å². The number of allylic oxidation sites excluding steroid dienone is 5. The Hall–Kier alpha value is -1.91. The Labute approximate surface area is 182 Å². The van der Waals surface area contributed by atoms with Gasteiger partial charge in [0.05, 0.1) is 6.54 Å². The first-order chi connectivity index (χ1) is 13.9. The van der Waals surface area contributed by atoms with Crippen LogP contribution in [0.25, 0.3) is 0 Å². The lowest BCUT2D eigenvalue weighted by Crippen LogP contribution is -2.19. The van der Waals surface area contributed by atoms with Crippen molar-refractivity contribution in [1.82, 2.24) is 5.01 Å². The van der Waals surface area contributed by atoms with Crippen LogP contribution in [-0.4, -0.2) is 23.6 Å².